The lowest BCUT2D eigenvalue weighted by Crippen LogP contribution is -2.63. The Hall–Kier alpha value is -1.50. The summed E-state index contributed by atoms with van der Waals surface area (Å²) in [5.41, 5.74) is -16.2. The number of hydrogen-bond donors (Lipinski definition) is 9. The van der Waals surface area contributed by atoms with Crippen LogP contribution in [0.25, 0.3) is 0 Å². The molecule has 8 aliphatic carbocycles. The molecule has 15 nitrogen and oxygen atoms in total. The highest BCUT2D eigenvalue weighted by molar-refractivity contribution is 5.67. The molecule has 0 unspecified atom stereocenters. The van der Waals surface area contributed by atoms with Crippen molar-refractivity contribution in [2.75, 3.05) is 7.11 Å². The van der Waals surface area contributed by atoms with Gasteiger partial charge in [0.1, 0.15) is 23.4 Å². The van der Waals surface area contributed by atoms with Gasteiger partial charge in [-0.1, -0.05) is 27.7 Å². The Bertz CT molecular complexity index is 1770. The van der Waals surface area contributed by atoms with Crippen LogP contribution in [0.2, 0.25) is 0 Å². The highest BCUT2D eigenvalue weighted by Crippen LogP contribution is 2.74. The van der Waals surface area contributed by atoms with Crippen molar-refractivity contribution in [1.82, 2.24) is 0 Å². The number of rotatable bonds is 5. The molecule has 0 aromatic rings. The van der Waals surface area contributed by atoms with Gasteiger partial charge in [-0.25, -0.2) is 0 Å². The summed E-state index contributed by atoms with van der Waals surface area (Å²) in [6, 6.07) is 0. The van der Waals surface area contributed by atoms with Gasteiger partial charge in [0.15, 0.2) is 0 Å². The average molecular weight is 853 g/mol. The van der Waals surface area contributed by atoms with Crippen LogP contribution >= 0.6 is 0 Å². The fourth-order valence-corrected chi connectivity index (χ4v) is 17.2. The predicted octanol–water partition coefficient (Wildman–Crippen LogP) is 1.12. The standard InChI is InChI=1S/C45H72O15/c1-20(46)58-26-16-42-18-38(7,51)22(32(42)48)12-14-24(42)40(9,53)31-29(34(50)37(5,6)45(26,31)56)60-35-23-13-15-25-41(10,54)30-28(57-11)33(49)36(3,4)44(30,55)27(59-21(2)47)17-43(25,35)19-39(23,8)52/h22-35,48-56H,12-19H2,1-11H3/t22-,23-,24+,25+,26-,27-,28-,29-,30+,31+,32-,33+,34+,35-,38-,39-,40-,41-,42+,43+,44-,45-/m1/s1. The third kappa shape index (κ3) is 5.23. The van der Waals surface area contributed by atoms with Crippen LogP contribution in [0.3, 0.4) is 0 Å². The molecular formula is C45H72O15. The van der Waals surface area contributed by atoms with Gasteiger partial charge in [-0.15, -0.1) is 0 Å². The van der Waals surface area contributed by atoms with Crippen molar-refractivity contribution in [3.63, 3.8) is 0 Å². The number of carbonyl (C=O) groups excluding carboxylic acids is 2. The Labute approximate surface area is 353 Å². The van der Waals surface area contributed by atoms with Crippen LogP contribution in [0.1, 0.15) is 121 Å². The number of aliphatic hydroxyl groups is 9. The van der Waals surface area contributed by atoms with Crippen LogP contribution in [-0.4, -0.2) is 147 Å². The summed E-state index contributed by atoms with van der Waals surface area (Å²) in [6.45, 7) is 15.5. The van der Waals surface area contributed by atoms with E-state index < -0.39 is 152 Å². The molecule has 2 spiro atoms. The lowest BCUT2D eigenvalue weighted by molar-refractivity contribution is -0.242. The van der Waals surface area contributed by atoms with Crippen molar-refractivity contribution in [1.29, 1.82) is 0 Å². The van der Waals surface area contributed by atoms with E-state index in [9.17, 15) is 55.5 Å². The normalized spacial score (nSPS) is 59.5. The minimum Gasteiger partial charge on any atom is -0.459 e. The minimum atomic E-state index is -2.18. The number of fused-ring (bicyclic) bond motifs is 4. The van der Waals surface area contributed by atoms with E-state index in [1.807, 2.05) is 0 Å². The van der Waals surface area contributed by atoms with E-state index in [0.29, 0.717) is 25.7 Å². The molecule has 8 fully saturated rings. The Morgan fingerprint density at radius 2 is 0.950 bits per heavy atom. The largest absolute Gasteiger partial charge is 0.459 e. The van der Waals surface area contributed by atoms with E-state index in [1.54, 1.807) is 55.4 Å². The Morgan fingerprint density at radius 1 is 0.550 bits per heavy atom. The minimum absolute atomic E-state index is 0.0271. The second-order valence-electron chi connectivity index (χ2n) is 23.2. The molecule has 60 heavy (non-hydrogen) atoms. The fraction of sp³-hybridized carbons (Fsp3) is 0.956. The van der Waals surface area contributed by atoms with Gasteiger partial charge in [0.05, 0.1) is 59.0 Å². The Balaban J connectivity index is 1.31. The number of ether oxygens (including phenoxy) is 4. The zero-order chi connectivity index (χ0) is 44.7. The summed E-state index contributed by atoms with van der Waals surface area (Å²) in [4.78, 5) is 26.0. The van der Waals surface area contributed by atoms with Gasteiger partial charge < -0.3 is 64.9 Å². The first-order chi connectivity index (χ1) is 27.3. The monoisotopic (exact) mass is 852 g/mol. The lowest BCUT2D eigenvalue weighted by atomic mass is 9.56. The summed E-state index contributed by atoms with van der Waals surface area (Å²) in [5.74, 6) is -6.66. The van der Waals surface area contributed by atoms with Gasteiger partial charge in [0.2, 0.25) is 0 Å². The molecule has 9 N–H and O–H groups in total. The van der Waals surface area contributed by atoms with Crippen LogP contribution in [-0.2, 0) is 28.5 Å². The zero-order valence-electron chi connectivity index (χ0n) is 37.2. The van der Waals surface area contributed by atoms with Gasteiger partial charge in [-0.3, -0.25) is 9.59 Å². The van der Waals surface area contributed by atoms with E-state index in [4.69, 9.17) is 18.9 Å². The molecular weight excluding hydrogens is 780 g/mol. The highest BCUT2D eigenvalue weighted by atomic mass is 16.6. The first kappa shape index (κ1) is 45.1. The number of hydrogen-bond acceptors (Lipinski definition) is 15. The summed E-state index contributed by atoms with van der Waals surface area (Å²) >= 11 is 0. The molecule has 0 aromatic carbocycles. The van der Waals surface area contributed by atoms with Crippen molar-refractivity contribution in [3.8, 4) is 0 Å². The molecule has 342 valence electrons. The van der Waals surface area contributed by atoms with E-state index in [1.165, 1.54) is 21.0 Å². The quantitative estimate of drug-likeness (QED) is 0.176. The van der Waals surface area contributed by atoms with Crippen LogP contribution in [0.4, 0.5) is 0 Å². The van der Waals surface area contributed by atoms with Gasteiger partial charge in [-0.2, -0.15) is 0 Å². The first-order valence-corrected chi connectivity index (χ1v) is 22.2. The topological polar surface area (TPSA) is 253 Å². The molecule has 0 radical (unpaired) electrons. The van der Waals surface area contributed by atoms with Gasteiger partial charge >= 0.3 is 11.9 Å². The third-order valence-electron chi connectivity index (χ3n) is 19.5. The zero-order valence-corrected chi connectivity index (χ0v) is 37.2. The van der Waals surface area contributed by atoms with Crippen molar-refractivity contribution < 1.29 is 74.5 Å². The van der Waals surface area contributed by atoms with Crippen molar-refractivity contribution in [3.05, 3.63) is 0 Å². The maximum Gasteiger partial charge on any atom is 0.303 e. The average Bonchev–Trinajstić information content (AvgIpc) is 3.42. The van der Waals surface area contributed by atoms with E-state index in [2.05, 4.69) is 0 Å². The molecule has 8 aliphatic rings. The first-order valence-electron chi connectivity index (χ1n) is 22.2. The van der Waals surface area contributed by atoms with Crippen molar-refractivity contribution >= 4 is 11.9 Å². The number of esters is 2. The van der Waals surface area contributed by atoms with Gasteiger partial charge in [0.25, 0.3) is 0 Å². The second kappa shape index (κ2) is 13.1. The number of carbonyl (C=O) groups is 2. The van der Waals surface area contributed by atoms with Crippen LogP contribution in [0.15, 0.2) is 0 Å². The lowest BCUT2D eigenvalue weighted by Gasteiger charge is -2.55. The molecule has 8 saturated carbocycles. The summed E-state index contributed by atoms with van der Waals surface area (Å²) in [5, 5.41) is 114. The summed E-state index contributed by atoms with van der Waals surface area (Å²) < 4.78 is 25.4. The molecule has 22 atom stereocenters. The molecule has 0 aromatic heterocycles. The van der Waals surface area contributed by atoms with Crippen LogP contribution in [0.5, 0.6) is 0 Å². The van der Waals surface area contributed by atoms with E-state index in [-0.39, 0.29) is 25.7 Å². The molecule has 15 heteroatoms. The number of aliphatic hydroxyl groups excluding tert-OH is 3. The third-order valence-corrected chi connectivity index (χ3v) is 19.5. The molecule has 0 saturated heterocycles. The van der Waals surface area contributed by atoms with Gasteiger partial charge in [-0.05, 0) is 90.9 Å². The second-order valence-corrected chi connectivity index (χ2v) is 23.2. The summed E-state index contributed by atoms with van der Waals surface area (Å²) in [7, 11) is 1.39. The van der Waals surface area contributed by atoms with Crippen LogP contribution < -0.4 is 0 Å². The number of methoxy groups -OCH3 is 1. The predicted molar refractivity (Wildman–Crippen MR) is 211 cm³/mol. The van der Waals surface area contributed by atoms with Crippen LogP contribution in [0, 0.1) is 57.2 Å². The SMILES string of the molecule is CO[C@H]1[C@H](O)C(C)(C)[C@@]2(O)[C@H](OC(C)=O)C[C@]34C[C@@](C)(O)[C@H](CC[C@H]3[C@@](C)(O)[C@H]12)[C@H]4O[C@H]1[C@H](O)C(C)(C)[C@@]2(O)[C@H](OC(C)=O)C[C@]34C[C@@](C)(O)[C@H](CC[C@H]3[C@@](C)(O)[C@H]12)[C@H]4O. The fourth-order valence-electron chi connectivity index (χ4n) is 17.2. The molecule has 4 bridgehead atoms. The Kier molecular flexibility index (Phi) is 9.82. The Morgan fingerprint density at radius 3 is 1.43 bits per heavy atom. The van der Waals surface area contributed by atoms with Gasteiger partial charge in [0, 0.05) is 66.3 Å². The molecule has 8 rings (SSSR count). The maximum atomic E-state index is 13.5. The summed E-state index contributed by atoms with van der Waals surface area (Å²) in [6.07, 6.45) is -8.82. The highest BCUT2D eigenvalue weighted by Gasteiger charge is 2.83. The maximum absolute atomic E-state index is 13.5. The van der Waals surface area contributed by atoms with E-state index in [0.717, 1.165) is 0 Å². The van der Waals surface area contributed by atoms with E-state index >= 15 is 0 Å². The smallest absolute Gasteiger partial charge is 0.303 e. The molecule has 0 amide bonds. The molecule has 0 aliphatic heterocycles. The molecule has 0 heterocycles. The van der Waals surface area contributed by atoms with Crippen molar-refractivity contribution in [2.24, 2.45) is 57.2 Å². The van der Waals surface area contributed by atoms with Crippen molar-refractivity contribution in [2.45, 2.75) is 203 Å².